The third-order valence-electron chi connectivity index (χ3n) is 3.71. The summed E-state index contributed by atoms with van der Waals surface area (Å²) in [5.74, 6) is -1.22. The molecule has 2 rings (SSSR count). The summed E-state index contributed by atoms with van der Waals surface area (Å²) in [6.45, 7) is 1.92. The molecule has 0 aromatic heterocycles. The number of rotatable bonds is 6. The van der Waals surface area contributed by atoms with E-state index in [1.165, 1.54) is 24.3 Å². The molecule has 11 heteroatoms. The molecular formula is C19H16F6N2O3. The molecule has 162 valence electrons. The van der Waals surface area contributed by atoms with E-state index in [1.807, 2.05) is 0 Å². The molecular weight excluding hydrogens is 418 g/mol. The first-order valence-corrected chi connectivity index (χ1v) is 8.50. The van der Waals surface area contributed by atoms with E-state index in [4.69, 9.17) is 4.74 Å². The van der Waals surface area contributed by atoms with Gasteiger partial charge in [0.2, 0.25) is 0 Å². The molecule has 5 nitrogen and oxygen atoms in total. The summed E-state index contributed by atoms with van der Waals surface area (Å²) >= 11 is 0. The molecule has 0 aliphatic heterocycles. The van der Waals surface area contributed by atoms with Crippen molar-refractivity contribution in [1.82, 2.24) is 5.32 Å². The van der Waals surface area contributed by atoms with Crippen LogP contribution in [0.2, 0.25) is 0 Å². The second-order valence-electron chi connectivity index (χ2n) is 6.02. The van der Waals surface area contributed by atoms with Crippen molar-refractivity contribution in [2.24, 2.45) is 0 Å². The fourth-order valence-corrected chi connectivity index (χ4v) is 2.32. The van der Waals surface area contributed by atoms with Gasteiger partial charge in [0.1, 0.15) is 5.75 Å². The highest BCUT2D eigenvalue weighted by molar-refractivity contribution is 6.04. The molecule has 0 aliphatic carbocycles. The molecule has 2 aromatic carbocycles. The Labute approximate surface area is 167 Å². The van der Waals surface area contributed by atoms with Crippen LogP contribution in [-0.2, 0) is 17.1 Å². The molecule has 2 N–H and O–H groups in total. The molecule has 0 heterocycles. The molecule has 0 radical (unpaired) electrons. The Morgan fingerprint density at radius 3 is 1.90 bits per heavy atom. The molecule has 0 saturated carbocycles. The van der Waals surface area contributed by atoms with E-state index in [2.05, 4.69) is 10.6 Å². The van der Waals surface area contributed by atoms with Crippen LogP contribution < -0.4 is 15.4 Å². The highest BCUT2D eigenvalue weighted by atomic mass is 19.4. The van der Waals surface area contributed by atoms with E-state index >= 15 is 0 Å². The van der Waals surface area contributed by atoms with E-state index in [9.17, 15) is 35.9 Å². The van der Waals surface area contributed by atoms with Crippen LogP contribution in [0.25, 0.3) is 0 Å². The number of anilines is 1. The van der Waals surface area contributed by atoms with Crippen LogP contribution in [0.4, 0.5) is 32.0 Å². The maximum atomic E-state index is 12.9. The first-order valence-electron chi connectivity index (χ1n) is 8.50. The van der Waals surface area contributed by atoms with E-state index in [1.54, 1.807) is 6.92 Å². The predicted octanol–water partition coefficient (Wildman–Crippen LogP) is 4.49. The van der Waals surface area contributed by atoms with Gasteiger partial charge in [-0.2, -0.15) is 26.3 Å². The smallest absolute Gasteiger partial charge is 0.416 e. The molecule has 0 aliphatic rings. The number of nitrogens with one attached hydrogen (secondary N) is 2. The van der Waals surface area contributed by atoms with Crippen LogP contribution in [-0.4, -0.2) is 25.0 Å². The van der Waals surface area contributed by atoms with Crippen LogP contribution in [0.1, 0.15) is 28.4 Å². The Morgan fingerprint density at radius 1 is 0.900 bits per heavy atom. The lowest BCUT2D eigenvalue weighted by atomic mass is 10.0. The lowest BCUT2D eigenvalue weighted by molar-refractivity contribution is -0.143. The first-order chi connectivity index (χ1) is 13.9. The number of halogens is 6. The Morgan fingerprint density at radius 2 is 1.43 bits per heavy atom. The lowest BCUT2D eigenvalue weighted by Gasteiger charge is -2.14. The number of carbonyl (C=O) groups is 2. The van der Waals surface area contributed by atoms with E-state index in [0.717, 1.165) is 0 Å². The van der Waals surface area contributed by atoms with Crippen molar-refractivity contribution < 1.29 is 40.7 Å². The number of benzene rings is 2. The van der Waals surface area contributed by atoms with Crippen LogP contribution in [0, 0.1) is 0 Å². The summed E-state index contributed by atoms with van der Waals surface area (Å²) in [7, 11) is 0. The van der Waals surface area contributed by atoms with Crippen molar-refractivity contribution in [3.8, 4) is 5.75 Å². The Bertz CT molecular complexity index is 876. The first kappa shape index (κ1) is 23.0. The molecule has 2 aromatic rings. The zero-order valence-electron chi connectivity index (χ0n) is 15.4. The third kappa shape index (κ3) is 6.39. The fraction of sp³-hybridized carbons (Fsp3) is 0.263. The van der Waals surface area contributed by atoms with E-state index in [-0.39, 0.29) is 30.0 Å². The van der Waals surface area contributed by atoms with Crippen molar-refractivity contribution in [2.75, 3.05) is 18.5 Å². The van der Waals surface area contributed by atoms with E-state index < -0.39 is 35.0 Å². The standard InChI is InChI=1S/C19H16F6N2O3/c1-2-26-16(28)10-30-15-5-3-14(4-6-15)27-17(29)11-7-12(18(20,21)22)9-13(8-11)19(23,24)25/h3-9H,2,10H2,1H3,(H,26,28)(H,27,29). The van der Waals surface area contributed by atoms with Crippen molar-refractivity contribution in [1.29, 1.82) is 0 Å². The quantitative estimate of drug-likeness (QED) is 0.659. The number of hydrogen-bond acceptors (Lipinski definition) is 3. The van der Waals surface area contributed by atoms with Gasteiger partial charge in [0.15, 0.2) is 6.61 Å². The summed E-state index contributed by atoms with van der Waals surface area (Å²) in [4.78, 5) is 23.5. The van der Waals surface area contributed by atoms with Crippen LogP contribution in [0.15, 0.2) is 42.5 Å². The van der Waals surface area contributed by atoms with Crippen molar-refractivity contribution in [3.63, 3.8) is 0 Å². The van der Waals surface area contributed by atoms with Gasteiger partial charge in [-0.1, -0.05) is 0 Å². The van der Waals surface area contributed by atoms with Crippen LogP contribution >= 0.6 is 0 Å². The average molecular weight is 434 g/mol. The maximum absolute atomic E-state index is 12.9. The van der Waals surface area contributed by atoms with Gasteiger partial charge in [-0.15, -0.1) is 0 Å². The molecule has 0 saturated heterocycles. The van der Waals surface area contributed by atoms with Crippen molar-refractivity contribution in [2.45, 2.75) is 19.3 Å². The summed E-state index contributed by atoms with van der Waals surface area (Å²) in [6.07, 6.45) is -10.1. The van der Waals surface area contributed by atoms with Crippen molar-refractivity contribution in [3.05, 3.63) is 59.2 Å². The lowest BCUT2D eigenvalue weighted by Crippen LogP contribution is -2.28. The molecule has 0 spiro atoms. The number of carbonyl (C=O) groups excluding carboxylic acids is 2. The highest BCUT2D eigenvalue weighted by Crippen LogP contribution is 2.36. The third-order valence-corrected chi connectivity index (χ3v) is 3.71. The van der Waals surface area contributed by atoms with Crippen LogP contribution in [0.3, 0.4) is 0 Å². The maximum Gasteiger partial charge on any atom is 0.416 e. The Hall–Kier alpha value is -3.24. The summed E-state index contributed by atoms with van der Waals surface area (Å²) in [5, 5.41) is 4.74. The highest BCUT2D eigenvalue weighted by Gasteiger charge is 2.37. The van der Waals surface area contributed by atoms with Gasteiger partial charge in [0.25, 0.3) is 11.8 Å². The zero-order chi connectivity index (χ0) is 22.5. The minimum atomic E-state index is -5.06. The van der Waals surface area contributed by atoms with E-state index in [0.29, 0.717) is 18.7 Å². The number of alkyl halides is 6. The van der Waals surface area contributed by atoms with Crippen molar-refractivity contribution >= 4 is 17.5 Å². The normalized spacial score (nSPS) is 11.7. The molecule has 0 bridgehead atoms. The summed E-state index contributed by atoms with van der Waals surface area (Å²) in [5.41, 5.74) is -3.86. The fourth-order valence-electron chi connectivity index (χ4n) is 2.32. The SMILES string of the molecule is CCNC(=O)COc1ccc(NC(=O)c2cc(C(F)(F)F)cc(C(F)(F)F)c2)cc1. The van der Waals surface area contributed by atoms with Gasteiger partial charge < -0.3 is 15.4 Å². The number of likely N-dealkylation sites (N-methyl/N-ethyl adjacent to an activating group) is 1. The van der Waals surface area contributed by atoms with Gasteiger partial charge >= 0.3 is 12.4 Å². The molecule has 30 heavy (non-hydrogen) atoms. The Balaban J connectivity index is 2.16. The van der Waals surface area contributed by atoms with Gasteiger partial charge in [0, 0.05) is 17.8 Å². The summed E-state index contributed by atoms with van der Waals surface area (Å²) in [6, 6.07) is 6.02. The number of hydrogen-bond donors (Lipinski definition) is 2. The second-order valence-corrected chi connectivity index (χ2v) is 6.02. The molecule has 2 amide bonds. The van der Waals surface area contributed by atoms with Gasteiger partial charge in [-0.3, -0.25) is 9.59 Å². The zero-order valence-corrected chi connectivity index (χ0v) is 15.4. The number of amides is 2. The number of ether oxygens (including phenoxy) is 1. The molecule has 0 fully saturated rings. The van der Waals surface area contributed by atoms with Gasteiger partial charge in [-0.05, 0) is 49.4 Å². The largest absolute Gasteiger partial charge is 0.484 e. The average Bonchev–Trinajstić information content (AvgIpc) is 2.66. The minimum absolute atomic E-state index is 0.0579. The molecule has 0 unspecified atom stereocenters. The minimum Gasteiger partial charge on any atom is -0.484 e. The van der Waals surface area contributed by atoms with Crippen LogP contribution in [0.5, 0.6) is 5.75 Å². The molecule has 0 atom stereocenters. The Kier molecular flexibility index (Phi) is 6.96. The predicted molar refractivity (Wildman–Crippen MR) is 95.0 cm³/mol. The monoisotopic (exact) mass is 434 g/mol. The van der Waals surface area contributed by atoms with Gasteiger partial charge in [-0.25, -0.2) is 0 Å². The van der Waals surface area contributed by atoms with Gasteiger partial charge in [0.05, 0.1) is 11.1 Å². The summed E-state index contributed by atoms with van der Waals surface area (Å²) < 4.78 is 82.6. The second kappa shape index (κ2) is 9.06. The topological polar surface area (TPSA) is 67.4 Å².